The van der Waals surface area contributed by atoms with Crippen LogP contribution < -0.4 is 9.47 Å². The molecule has 2 fully saturated rings. The number of rotatable bonds is 1. The second-order valence-electron chi connectivity index (χ2n) is 4.92. The lowest BCUT2D eigenvalue weighted by Gasteiger charge is -2.16. The Morgan fingerprint density at radius 2 is 1.83 bits per heavy atom. The summed E-state index contributed by atoms with van der Waals surface area (Å²) in [7, 11) is 0. The van der Waals surface area contributed by atoms with Gasteiger partial charge >= 0.3 is 0 Å². The van der Waals surface area contributed by atoms with Gasteiger partial charge in [0.2, 0.25) is 6.79 Å². The highest BCUT2D eigenvalue weighted by Crippen LogP contribution is 2.46. The predicted octanol–water partition coefficient (Wildman–Crippen LogP) is 1.07. The first kappa shape index (κ1) is 10.6. The van der Waals surface area contributed by atoms with Crippen LogP contribution in [0.15, 0.2) is 18.2 Å². The summed E-state index contributed by atoms with van der Waals surface area (Å²) in [5.74, 6) is 1.84. The van der Waals surface area contributed by atoms with Crippen LogP contribution in [0, 0.1) is 11.8 Å². The molecule has 4 rings (SSSR count). The maximum Gasteiger partial charge on any atom is 0.231 e. The highest BCUT2D eigenvalue weighted by molar-refractivity contribution is 5.45. The molecular weight excluding hydrogens is 236 g/mol. The third kappa shape index (κ3) is 1.44. The molecule has 0 saturated carbocycles. The molecule has 4 atom stereocenters. The number of hydrogen-bond acceptors (Lipinski definition) is 5. The summed E-state index contributed by atoms with van der Waals surface area (Å²) in [6.45, 7) is 1.37. The van der Waals surface area contributed by atoms with E-state index in [1.807, 2.05) is 18.2 Å². The van der Waals surface area contributed by atoms with Gasteiger partial charge in [-0.25, -0.2) is 0 Å². The van der Waals surface area contributed by atoms with E-state index in [1.165, 1.54) is 0 Å². The maximum atomic E-state index is 9.67. The minimum absolute atomic E-state index is 0.0263. The van der Waals surface area contributed by atoms with Gasteiger partial charge < -0.3 is 24.1 Å². The Morgan fingerprint density at radius 1 is 1.00 bits per heavy atom. The van der Waals surface area contributed by atoms with Crippen LogP contribution in [0.4, 0.5) is 0 Å². The van der Waals surface area contributed by atoms with E-state index >= 15 is 0 Å². The van der Waals surface area contributed by atoms with Gasteiger partial charge in [0, 0.05) is 11.8 Å². The molecule has 3 heterocycles. The van der Waals surface area contributed by atoms with Crippen LogP contribution in [0.1, 0.15) is 11.7 Å². The zero-order valence-corrected chi connectivity index (χ0v) is 9.74. The van der Waals surface area contributed by atoms with Crippen LogP contribution in [0.25, 0.3) is 0 Å². The third-order valence-electron chi connectivity index (χ3n) is 3.96. The molecular formula is C13H14O5. The Bertz CT molecular complexity index is 474. The SMILES string of the molecule is O[C@H]1OC[C@@H]2[C@H]1CO[C@@H]2c1ccc2c(c1)OCO2. The van der Waals surface area contributed by atoms with Gasteiger partial charge in [0.1, 0.15) is 0 Å². The molecule has 0 aliphatic carbocycles. The smallest absolute Gasteiger partial charge is 0.231 e. The number of fused-ring (bicyclic) bond motifs is 2. The fraction of sp³-hybridized carbons (Fsp3) is 0.538. The van der Waals surface area contributed by atoms with Gasteiger partial charge in [-0.3, -0.25) is 0 Å². The van der Waals surface area contributed by atoms with Crippen LogP contribution in [-0.4, -0.2) is 31.4 Å². The number of aliphatic hydroxyl groups excluding tert-OH is 1. The fourth-order valence-electron chi connectivity index (χ4n) is 2.96. The van der Waals surface area contributed by atoms with Crippen LogP contribution in [-0.2, 0) is 9.47 Å². The molecule has 1 N–H and O–H groups in total. The van der Waals surface area contributed by atoms with E-state index in [4.69, 9.17) is 18.9 Å². The first-order chi connectivity index (χ1) is 8.83. The molecule has 0 bridgehead atoms. The Hall–Kier alpha value is -1.30. The Morgan fingerprint density at radius 3 is 2.78 bits per heavy atom. The van der Waals surface area contributed by atoms with Crippen molar-refractivity contribution in [3.63, 3.8) is 0 Å². The summed E-state index contributed by atoms with van der Waals surface area (Å²) in [4.78, 5) is 0. The van der Waals surface area contributed by atoms with E-state index in [0.717, 1.165) is 17.1 Å². The van der Waals surface area contributed by atoms with Crippen LogP contribution >= 0.6 is 0 Å². The van der Waals surface area contributed by atoms with Crippen molar-refractivity contribution in [2.45, 2.75) is 12.4 Å². The first-order valence-corrected chi connectivity index (χ1v) is 6.14. The average Bonchev–Trinajstić information content (AvgIpc) is 3.06. The highest BCUT2D eigenvalue weighted by atomic mass is 16.7. The quantitative estimate of drug-likeness (QED) is 0.808. The number of hydrogen-bond donors (Lipinski definition) is 1. The molecule has 0 aromatic heterocycles. The average molecular weight is 250 g/mol. The van der Waals surface area contributed by atoms with E-state index in [-0.39, 0.29) is 24.7 Å². The van der Waals surface area contributed by atoms with Crippen molar-refractivity contribution in [2.75, 3.05) is 20.0 Å². The summed E-state index contributed by atoms with van der Waals surface area (Å²) < 4.78 is 21.7. The number of aliphatic hydroxyl groups is 1. The summed E-state index contributed by atoms with van der Waals surface area (Å²) in [6, 6.07) is 5.85. The Kier molecular flexibility index (Phi) is 2.27. The molecule has 3 aliphatic rings. The molecule has 0 amide bonds. The van der Waals surface area contributed by atoms with Gasteiger partial charge in [0.25, 0.3) is 0 Å². The van der Waals surface area contributed by atoms with Gasteiger partial charge in [0.15, 0.2) is 17.8 Å². The molecule has 0 spiro atoms. The topological polar surface area (TPSA) is 57.2 Å². The van der Waals surface area contributed by atoms with Crippen molar-refractivity contribution in [2.24, 2.45) is 11.8 Å². The molecule has 1 aromatic rings. The van der Waals surface area contributed by atoms with Crippen molar-refractivity contribution >= 4 is 0 Å². The summed E-state index contributed by atoms with van der Waals surface area (Å²) in [5, 5.41) is 9.67. The van der Waals surface area contributed by atoms with Crippen molar-refractivity contribution in [1.82, 2.24) is 0 Å². The first-order valence-electron chi connectivity index (χ1n) is 6.14. The molecule has 0 radical (unpaired) electrons. The van der Waals surface area contributed by atoms with E-state index in [2.05, 4.69) is 0 Å². The lowest BCUT2D eigenvalue weighted by atomic mass is 9.89. The molecule has 0 unspecified atom stereocenters. The molecule has 5 nitrogen and oxygen atoms in total. The zero-order chi connectivity index (χ0) is 12.1. The number of benzene rings is 1. The standard InChI is InChI=1S/C13H14O5/c14-13-9-5-15-12(8(9)4-16-13)7-1-2-10-11(3-7)18-6-17-10/h1-3,8-9,12-14H,4-6H2/t8-,9-,12-,13+/m1/s1. The number of ether oxygens (including phenoxy) is 4. The molecule has 18 heavy (non-hydrogen) atoms. The van der Waals surface area contributed by atoms with Crippen molar-refractivity contribution < 1.29 is 24.1 Å². The van der Waals surface area contributed by atoms with Gasteiger partial charge in [0.05, 0.1) is 19.3 Å². The minimum atomic E-state index is -0.686. The molecule has 5 heteroatoms. The monoisotopic (exact) mass is 250 g/mol. The van der Waals surface area contributed by atoms with E-state index in [0.29, 0.717) is 13.2 Å². The summed E-state index contributed by atoms with van der Waals surface area (Å²) >= 11 is 0. The predicted molar refractivity (Wildman–Crippen MR) is 60.2 cm³/mol. The van der Waals surface area contributed by atoms with Crippen LogP contribution in [0.3, 0.4) is 0 Å². The summed E-state index contributed by atoms with van der Waals surface area (Å²) in [6.07, 6.45) is -0.712. The normalized spacial score (nSPS) is 36.9. The Balaban J connectivity index is 1.64. The Labute approximate surface area is 104 Å². The largest absolute Gasteiger partial charge is 0.454 e. The highest BCUT2D eigenvalue weighted by Gasteiger charge is 2.47. The van der Waals surface area contributed by atoms with Crippen LogP contribution in [0.5, 0.6) is 11.5 Å². The fourth-order valence-corrected chi connectivity index (χ4v) is 2.96. The van der Waals surface area contributed by atoms with Crippen LogP contribution in [0.2, 0.25) is 0 Å². The molecule has 2 saturated heterocycles. The minimum Gasteiger partial charge on any atom is -0.454 e. The third-order valence-corrected chi connectivity index (χ3v) is 3.96. The van der Waals surface area contributed by atoms with Crippen molar-refractivity contribution in [1.29, 1.82) is 0 Å². The molecule has 1 aromatic carbocycles. The molecule has 3 aliphatic heterocycles. The lowest BCUT2D eigenvalue weighted by Crippen LogP contribution is -2.19. The summed E-state index contributed by atoms with van der Waals surface area (Å²) in [5.41, 5.74) is 1.06. The molecule has 96 valence electrons. The second kappa shape index (κ2) is 3.85. The van der Waals surface area contributed by atoms with Gasteiger partial charge in [-0.2, -0.15) is 0 Å². The van der Waals surface area contributed by atoms with Crippen molar-refractivity contribution in [3.05, 3.63) is 23.8 Å². The van der Waals surface area contributed by atoms with Crippen molar-refractivity contribution in [3.8, 4) is 11.5 Å². The second-order valence-corrected chi connectivity index (χ2v) is 4.92. The maximum absolute atomic E-state index is 9.67. The van der Waals surface area contributed by atoms with Gasteiger partial charge in [-0.1, -0.05) is 6.07 Å². The van der Waals surface area contributed by atoms with Gasteiger partial charge in [-0.05, 0) is 17.7 Å². The van der Waals surface area contributed by atoms with E-state index in [9.17, 15) is 5.11 Å². The lowest BCUT2D eigenvalue weighted by molar-refractivity contribution is -0.0961. The van der Waals surface area contributed by atoms with E-state index in [1.54, 1.807) is 0 Å². The zero-order valence-electron chi connectivity index (χ0n) is 9.74. The van der Waals surface area contributed by atoms with Gasteiger partial charge in [-0.15, -0.1) is 0 Å². The van der Waals surface area contributed by atoms with E-state index < -0.39 is 6.29 Å².